The summed E-state index contributed by atoms with van der Waals surface area (Å²) in [7, 11) is 0. The Morgan fingerprint density at radius 3 is 2.93 bits per heavy atom. The molecule has 0 radical (unpaired) electrons. The van der Waals surface area contributed by atoms with Crippen molar-refractivity contribution in [1.82, 2.24) is 19.9 Å². The molecule has 9 nitrogen and oxygen atoms in total. The minimum absolute atomic E-state index is 0.0488. The van der Waals surface area contributed by atoms with Crippen molar-refractivity contribution in [3.05, 3.63) is 40.1 Å². The van der Waals surface area contributed by atoms with Gasteiger partial charge in [-0.05, 0) is 37.3 Å². The fraction of sp³-hybridized carbons (Fsp3) is 0.474. The molecule has 0 aromatic carbocycles. The van der Waals surface area contributed by atoms with E-state index < -0.39 is 5.66 Å². The number of fused-ring (bicyclic) bond motifs is 3. The molecule has 3 atom stereocenters. The van der Waals surface area contributed by atoms with Crippen LogP contribution in [-0.2, 0) is 10.4 Å². The number of hydrogen-bond acceptors (Lipinski definition) is 7. The summed E-state index contributed by atoms with van der Waals surface area (Å²) in [6.45, 7) is 5.32. The Morgan fingerprint density at radius 2 is 2.18 bits per heavy atom. The maximum atomic E-state index is 13.4. The van der Waals surface area contributed by atoms with Gasteiger partial charge >= 0.3 is 0 Å². The highest BCUT2D eigenvalue weighted by Crippen LogP contribution is 2.55. The molecule has 1 amide bonds. The van der Waals surface area contributed by atoms with E-state index in [2.05, 4.69) is 27.5 Å². The van der Waals surface area contributed by atoms with Gasteiger partial charge in [-0.25, -0.2) is 9.97 Å². The number of nitrogens with one attached hydrogen (secondary N) is 2. The van der Waals surface area contributed by atoms with Gasteiger partial charge in [-0.2, -0.15) is 0 Å². The summed E-state index contributed by atoms with van der Waals surface area (Å²) in [5.74, 6) is 0.848. The van der Waals surface area contributed by atoms with Crippen molar-refractivity contribution in [1.29, 1.82) is 0 Å². The molecule has 1 unspecified atom stereocenters. The van der Waals surface area contributed by atoms with Gasteiger partial charge in [-0.1, -0.05) is 6.92 Å². The molecule has 3 aliphatic rings. The lowest BCUT2D eigenvalue weighted by molar-refractivity contribution is 0.0868. The van der Waals surface area contributed by atoms with Crippen molar-refractivity contribution in [2.24, 2.45) is 11.3 Å². The number of hydrogen-bond donors (Lipinski definition) is 3. The molecular weight excluding hydrogens is 360 g/mol. The van der Waals surface area contributed by atoms with E-state index in [1.165, 1.54) is 6.33 Å². The van der Waals surface area contributed by atoms with Crippen LogP contribution in [-0.4, -0.2) is 33.7 Å². The Bertz CT molecular complexity index is 1070. The molecule has 1 saturated heterocycles. The van der Waals surface area contributed by atoms with Crippen LogP contribution < -0.4 is 21.9 Å². The number of nitrogen functional groups attached to an aromatic ring is 1. The molecule has 1 spiro atoms. The van der Waals surface area contributed by atoms with Crippen molar-refractivity contribution in [2.75, 3.05) is 24.3 Å². The average molecular weight is 382 g/mol. The lowest BCUT2D eigenvalue weighted by atomic mass is 9.83. The summed E-state index contributed by atoms with van der Waals surface area (Å²) in [4.78, 5) is 34.2. The van der Waals surface area contributed by atoms with Crippen LogP contribution in [0.5, 0.6) is 0 Å². The predicted octanol–water partition coefficient (Wildman–Crippen LogP) is 1.12. The quantitative estimate of drug-likeness (QED) is 0.711. The molecule has 4 heterocycles. The number of carbonyl (C=O) groups excluding carboxylic acids is 1. The van der Waals surface area contributed by atoms with Crippen molar-refractivity contribution >= 4 is 23.2 Å². The summed E-state index contributed by atoms with van der Waals surface area (Å²) in [5.41, 5.74) is 6.22. The second-order valence-electron chi connectivity index (χ2n) is 8.42. The largest absolute Gasteiger partial charge is 0.384 e. The number of pyridine rings is 1. The summed E-state index contributed by atoms with van der Waals surface area (Å²) in [6, 6.07) is 3.25. The minimum Gasteiger partial charge on any atom is -0.384 e. The summed E-state index contributed by atoms with van der Waals surface area (Å²) in [5, 5.41) is 6.16. The maximum absolute atomic E-state index is 13.4. The predicted molar refractivity (Wildman–Crippen MR) is 102 cm³/mol. The van der Waals surface area contributed by atoms with Crippen LogP contribution in [0.1, 0.15) is 35.8 Å². The zero-order valence-corrected chi connectivity index (χ0v) is 15.8. The first-order valence-electron chi connectivity index (χ1n) is 9.33. The molecule has 2 fully saturated rings. The van der Waals surface area contributed by atoms with Gasteiger partial charge in [0.25, 0.3) is 11.5 Å². The number of aryl methyl sites for hydroxylation is 1. The number of aromatic nitrogens is 3. The van der Waals surface area contributed by atoms with Crippen LogP contribution in [0.4, 0.5) is 17.3 Å². The van der Waals surface area contributed by atoms with Crippen molar-refractivity contribution in [3.8, 4) is 0 Å². The van der Waals surface area contributed by atoms with E-state index in [4.69, 9.17) is 10.5 Å². The molecule has 28 heavy (non-hydrogen) atoms. The van der Waals surface area contributed by atoms with Crippen molar-refractivity contribution in [2.45, 2.75) is 32.4 Å². The minimum atomic E-state index is -0.708. The molecule has 0 bridgehead atoms. The number of carbonyl (C=O) groups is 1. The van der Waals surface area contributed by atoms with Gasteiger partial charge in [0.15, 0.2) is 0 Å². The second-order valence-corrected chi connectivity index (χ2v) is 8.42. The molecule has 5 rings (SSSR count). The highest BCUT2D eigenvalue weighted by molar-refractivity contribution is 5.97. The van der Waals surface area contributed by atoms with Crippen LogP contribution in [0.2, 0.25) is 0 Å². The van der Waals surface area contributed by atoms with Crippen LogP contribution in [0.25, 0.3) is 0 Å². The first kappa shape index (κ1) is 17.2. The van der Waals surface area contributed by atoms with Gasteiger partial charge < -0.3 is 21.1 Å². The molecule has 2 aromatic rings. The fourth-order valence-electron chi connectivity index (χ4n) is 5.10. The van der Waals surface area contributed by atoms with E-state index in [9.17, 15) is 9.59 Å². The molecule has 1 saturated carbocycles. The molecule has 9 heteroatoms. The highest BCUT2D eigenvalue weighted by atomic mass is 16.5. The number of anilines is 3. The zero-order chi connectivity index (χ0) is 19.7. The Kier molecular flexibility index (Phi) is 3.40. The number of nitrogens with zero attached hydrogens (tertiary/aromatic N) is 3. The average Bonchev–Trinajstić information content (AvgIpc) is 3.19. The van der Waals surface area contributed by atoms with E-state index in [1.807, 2.05) is 6.92 Å². The van der Waals surface area contributed by atoms with Gasteiger partial charge in [0.1, 0.15) is 35.0 Å². The zero-order valence-electron chi connectivity index (χ0n) is 15.8. The Morgan fingerprint density at radius 1 is 1.36 bits per heavy atom. The second kappa shape index (κ2) is 5.54. The summed E-state index contributed by atoms with van der Waals surface area (Å²) >= 11 is 0. The van der Waals surface area contributed by atoms with E-state index in [0.717, 1.165) is 5.56 Å². The Hall–Kier alpha value is -2.94. The third-order valence-electron chi connectivity index (χ3n) is 6.35. The third kappa shape index (κ3) is 2.29. The van der Waals surface area contributed by atoms with E-state index in [0.29, 0.717) is 55.0 Å². The van der Waals surface area contributed by atoms with Gasteiger partial charge in [-0.15, -0.1) is 0 Å². The van der Waals surface area contributed by atoms with Gasteiger partial charge in [0, 0.05) is 11.5 Å². The molecule has 1 aliphatic carbocycles. The topological polar surface area (TPSA) is 124 Å². The van der Waals surface area contributed by atoms with E-state index >= 15 is 0 Å². The fourth-order valence-corrected chi connectivity index (χ4v) is 5.10. The van der Waals surface area contributed by atoms with Gasteiger partial charge in [-0.3, -0.25) is 14.2 Å². The number of amides is 1. The van der Waals surface area contributed by atoms with E-state index in [1.54, 1.807) is 16.7 Å². The number of ether oxygens (including phenoxy) is 1. The van der Waals surface area contributed by atoms with Crippen LogP contribution >= 0.6 is 0 Å². The number of rotatable bonds is 2. The van der Waals surface area contributed by atoms with Crippen LogP contribution in [0.15, 0.2) is 23.3 Å². The van der Waals surface area contributed by atoms with Crippen molar-refractivity contribution in [3.63, 3.8) is 0 Å². The Labute approximate surface area is 161 Å². The molecule has 4 N–H and O–H groups in total. The summed E-state index contributed by atoms with van der Waals surface area (Å²) in [6.07, 6.45) is 2.69. The smallest absolute Gasteiger partial charge is 0.276 e. The third-order valence-corrected chi connectivity index (χ3v) is 6.35. The standard InChI is InChI=1S/C19H22N6O3/c1-10-3-12(23-14-4-13(20)21-9-22-14)17(27)25-15(10)16(26)24-19(25)5-11-6-28-8-18(11,2)7-19/h3-4,9,11H,5-8H2,1-2H3,(H,24,26)(H3,20,21,22,23)/t11-,18+,19?/m0/s1. The van der Waals surface area contributed by atoms with Gasteiger partial charge in [0.2, 0.25) is 0 Å². The molecule has 2 aromatic heterocycles. The van der Waals surface area contributed by atoms with Crippen LogP contribution in [0, 0.1) is 18.3 Å². The maximum Gasteiger partial charge on any atom is 0.276 e. The first-order valence-corrected chi connectivity index (χ1v) is 9.33. The monoisotopic (exact) mass is 382 g/mol. The summed E-state index contributed by atoms with van der Waals surface area (Å²) < 4.78 is 7.32. The lowest BCUT2D eigenvalue weighted by Crippen LogP contribution is -2.46. The molecule has 146 valence electrons. The first-order chi connectivity index (χ1) is 13.3. The normalized spacial score (nSPS) is 30.4. The molecule has 2 aliphatic heterocycles. The van der Waals surface area contributed by atoms with Gasteiger partial charge in [0.05, 0.1) is 13.2 Å². The van der Waals surface area contributed by atoms with Crippen molar-refractivity contribution < 1.29 is 9.53 Å². The molecular formula is C19H22N6O3. The SMILES string of the molecule is Cc1cc(Nc2cc(N)ncn2)c(=O)n2c1C(=O)NC21C[C@H]2COC[C@@]2(C)C1. The van der Waals surface area contributed by atoms with Crippen LogP contribution in [0.3, 0.4) is 0 Å². The lowest BCUT2D eigenvalue weighted by Gasteiger charge is -2.30. The number of nitrogens with two attached hydrogens (primary N) is 1. The van der Waals surface area contributed by atoms with E-state index in [-0.39, 0.29) is 16.9 Å². The Balaban J connectivity index is 1.63. The highest BCUT2D eigenvalue weighted by Gasteiger charge is 2.59.